The average Bonchev–Trinajstić information content (AvgIpc) is 1.68. The molecule has 0 heterocycles. The van der Waals surface area contributed by atoms with E-state index >= 15 is 0 Å². The van der Waals surface area contributed by atoms with E-state index in [1.165, 1.54) is 25.9 Å². The summed E-state index contributed by atoms with van der Waals surface area (Å²) >= 11 is 2.17. The molecule has 0 aliphatic rings. The maximum atomic E-state index is 2.36. The van der Waals surface area contributed by atoms with Gasteiger partial charge in [0.1, 0.15) is 0 Å². The Bertz CT molecular complexity index is 41.8. The van der Waals surface area contributed by atoms with Gasteiger partial charge in [0.25, 0.3) is 0 Å². The van der Waals surface area contributed by atoms with Crippen molar-refractivity contribution in [2.24, 2.45) is 0 Å². The molecule has 47 valence electrons. The van der Waals surface area contributed by atoms with Crippen molar-refractivity contribution >= 4 is 0 Å². The first-order chi connectivity index (χ1) is 3.81. The Morgan fingerprint density at radius 3 is 1.75 bits per heavy atom. The molecule has 0 aliphatic heterocycles. The van der Waals surface area contributed by atoms with E-state index in [0.717, 1.165) is 0 Å². The number of nitrogens with zero attached hydrogens (tertiary/aromatic N) is 1. The van der Waals surface area contributed by atoms with Gasteiger partial charge >= 0.3 is 63.9 Å². The molecule has 0 atom stereocenters. The van der Waals surface area contributed by atoms with Crippen LogP contribution in [-0.4, -0.2) is 16.5 Å². The van der Waals surface area contributed by atoms with Crippen molar-refractivity contribution in [3.05, 3.63) is 0 Å². The Hall–Kier alpha value is 0.674. The van der Waals surface area contributed by atoms with Gasteiger partial charge in [0.2, 0.25) is 0 Å². The summed E-state index contributed by atoms with van der Waals surface area (Å²) in [6.45, 7) is 6.92. The Balaban J connectivity index is 2.92. The topological polar surface area (TPSA) is 3.24 Å². The predicted molar refractivity (Wildman–Crippen MR) is 32.2 cm³/mol. The average molecular weight is 148 g/mol. The van der Waals surface area contributed by atoms with Crippen molar-refractivity contribution in [1.82, 2.24) is 3.38 Å². The molecule has 0 rings (SSSR count). The molecule has 0 aliphatic carbocycles. The summed E-state index contributed by atoms with van der Waals surface area (Å²) < 4.78 is 2.36. The molecule has 0 N–H and O–H groups in total. The molecule has 0 saturated carbocycles. The zero-order valence-corrected chi connectivity index (χ0v) is 7.34. The monoisotopic (exact) mass is 148 g/mol. The quantitative estimate of drug-likeness (QED) is 0.547. The summed E-state index contributed by atoms with van der Waals surface area (Å²) in [5.74, 6) is 0. The van der Waals surface area contributed by atoms with E-state index in [9.17, 15) is 0 Å². The van der Waals surface area contributed by atoms with Crippen LogP contribution in [0, 0.1) is 0 Å². The maximum absolute atomic E-state index is 2.36. The SMILES string of the molecule is CCC[N]([Ti])CCC. The molecule has 0 unspecified atom stereocenters. The third kappa shape index (κ3) is 4.82. The fraction of sp³-hybridized carbons (Fsp3) is 1.00. The van der Waals surface area contributed by atoms with E-state index in [1.54, 1.807) is 0 Å². The van der Waals surface area contributed by atoms with Crippen molar-refractivity contribution in [3.63, 3.8) is 0 Å². The first-order valence-corrected chi connectivity index (χ1v) is 3.97. The first kappa shape index (κ1) is 8.67. The Morgan fingerprint density at radius 1 is 1.12 bits per heavy atom. The van der Waals surface area contributed by atoms with Crippen molar-refractivity contribution in [2.75, 3.05) is 13.1 Å². The summed E-state index contributed by atoms with van der Waals surface area (Å²) in [7, 11) is 0. The Labute approximate surface area is 64.2 Å². The number of hydrogen-bond acceptors (Lipinski definition) is 1. The molecule has 0 fully saturated rings. The summed E-state index contributed by atoms with van der Waals surface area (Å²) in [4.78, 5) is 0. The summed E-state index contributed by atoms with van der Waals surface area (Å²) in [5, 5.41) is 0. The first-order valence-electron chi connectivity index (χ1n) is 3.27. The van der Waals surface area contributed by atoms with Gasteiger partial charge in [-0.2, -0.15) is 0 Å². The van der Waals surface area contributed by atoms with Crippen LogP contribution in [0.15, 0.2) is 0 Å². The second kappa shape index (κ2) is 5.80. The van der Waals surface area contributed by atoms with Gasteiger partial charge < -0.3 is 0 Å². The molecular formula is C6H14NTi. The van der Waals surface area contributed by atoms with Crippen molar-refractivity contribution in [2.45, 2.75) is 26.7 Å². The van der Waals surface area contributed by atoms with Crippen LogP contribution >= 0.6 is 0 Å². The molecule has 0 radical (unpaired) electrons. The minimum atomic E-state index is 1.24. The molecule has 0 saturated heterocycles. The Morgan fingerprint density at radius 2 is 1.50 bits per heavy atom. The fourth-order valence-electron chi connectivity index (χ4n) is 0.652. The van der Waals surface area contributed by atoms with E-state index < -0.39 is 0 Å². The molecular weight excluding hydrogens is 134 g/mol. The summed E-state index contributed by atoms with van der Waals surface area (Å²) in [6, 6.07) is 0. The molecule has 0 aromatic rings. The van der Waals surface area contributed by atoms with E-state index in [1.807, 2.05) is 0 Å². The van der Waals surface area contributed by atoms with Crippen LogP contribution < -0.4 is 0 Å². The van der Waals surface area contributed by atoms with Crippen LogP contribution in [0.5, 0.6) is 0 Å². The molecule has 8 heavy (non-hydrogen) atoms. The molecule has 0 amide bonds. The van der Waals surface area contributed by atoms with Gasteiger partial charge in [0, 0.05) is 0 Å². The molecule has 0 spiro atoms. The van der Waals surface area contributed by atoms with Crippen LogP contribution in [0.3, 0.4) is 0 Å². The summed E-state index contributed by atoms with van der Waals surface area (Å²) in [6.07, 6.45) is 2.55. The van der Waals surface area contributed by atoms with Crippen molar-refractivity contribution in [3.8, 4) is 0 Å². The number of hydrogen-bond donors (Lipinski definition) is 0. The number of rotatable bonds is 4. The van der Waals surface area contributed by atoms with Crippen LogP contribution in [0.25, 0.3) is 0 Å². The van der Waals surface area contributed by atoms with Gasteiger partial charge in [-0.3, -0.25) is 0 Å². The minimum absolute atomic E-state index is 1.24. The molecule has 2 heteroatoms. The van der Waals surface area contributed by atoms with Crippen LogP contribution in [0.4, 0.5) is 0 Å². The molecule has 1 nitrogen and oxygen atoms in total. The second-order valence-electron chi connectivity index (χ2n) is 1.99. The van der Waals surface area contributed by atoms with Crippen LogP contribution in [-0.2, 0) is 20.7 Å². The van der Waals surface area contributed by atoms with Gasteiger partial charge in [0.05, 0.1) is 0 Å². The van der Waals surface area contributed by atoms with Gasteiger partial charge in [-0.25, -0.2) is 0 Å². The van der Waals surface area contributed by atoms with Gasteiger partial charge in [-0.15, -0.1) is 0 Å². The normalized spacial score (nSPS) is 10.2. The standard InChI is InChI=1S/C6H14N.Ti/c1-3-5-7-6-4-2;/h3-6H2,1-2H3;/q-1;+1. The van der Waals surface area contributed by atoms with E-state index in [4.69, 9.17) is 0 Å². The molecule has 0 aromatic carbocycles. The Kier molecular flexibility index (Phi) is 6.29. The van der Waals surface area contributed by atoms with Crippen molar-refractivity contribution in [1.29, 1.82) is 0 Å². The van der Waals surface area contributed by atoms with E-state index in [0.29, 0.717) is 0 Å². The van der Waals surface area contributed by atoms with Crippen LogP contribution in [0.2, 0.25) is 0 Å². The molecule has 0 aromatic heterocycles. The van der Waals surface area contributed by atoms with Gasteiger partial charge in [0.15, 0.2) is 0 Å². The van der Waals surface area contributed by atoms with E-state index in [2.05, 4.69) is 37.9 Å². The molecule has 0 bridgehead atoms. The zero-order valence-electron chi connectivity index (χ0n) is 5.78. The zero-order chi connectivity index (χ0) is 6.41. The third-order valence-corrected chi connectivity index (χ3v) is 1.69. The van der Waals surface area contributed by atoms with Crippen molar-refractivity contribution < 1.29 is 20.7 Å². The van der Waals surface area contributed by atoms with E-state index in [-0.39, 0.29) is 0 Å². The predicted octanol–water partition coefficient (Wildman–Crippen LogP) is 1.57. The fourth-order valence-corrected chi connectivity index (χ4v) is 1.35. The second-order valence-corrected chi connectivity index (χ2v) is 2.97. The van der Waals surface area contributed by atoms with Crippen LogP contribution in [0.1, 0.15) is 26.7 Å². The summed E-state index contributed by atoms with van der Waals surface area (Å²) in [5.41, 5.74) is 0. The van der Waals surface area contributed by atoms with Gasteiger partial charge in [-0.1, -0.05) is 0 Å². The van der Waals surface area contributed by atoms with Gasteiger partial charge in [-0.05, 0) is 0 Å². The third-order valence-electron chi connectivity index (χ3n) is 0.987.